The van der Waals surface area contributed by atoms with Crippen LogP contribution < -0.4 is 5.32 Å². The lowest BCUT2D eigenvalue weighted by atomic mass is 10.1. The van der Waals surface area contributed by atoms with Gasteiger partial charge < -0.3 is 10.4 Å². The average Bonchev–Trinajstić information content (AvgIpc) is 2.11. The smallest absolute Gasteiger partial charge is 0.257 e. The summed E-state index contributed by atoms with van der Waals surface area (Å²) in [4.78, 5) is 11.5. The van der Waals surface area contributed by atoms with Crippen LogP contribution in [-0.2, 0) is 0 Å². The van der Waals surface area contributed by atoms with E-state index in [1.807, 2.05) is 0 Å². The largest absolute Gasteiger partial charge is 0.389 e. The van der Waals surface area contributed by atoms with Gasteiger partial charge in [0.15, 0.2) is 0 Å². The Bertz CT molecular complexity index is 421. The van der Waals surface area contributed by atoms with Crippen molar-refractivity contribution in [2.24, 2.45) is 0 Å². The fourth-order valence-electron chi connectivity index (χ4n) is 1.14. The predicted molar refractivity (Wildman–Crippen MR) is 62.7 cm³/mol. The van der Waals surface area contributed by atoms with Crippen LogP contribution in [0.4, 0.5) is 8.78 Å². The van der Waals surface area contributed by atoms with E-state index in [4.69, 9.17) is 0 Å². The van der Waals surface area contributed by atoms with E-state index in [0.717, 1.165) is 12.1 Å². The summed E-state index contributed by atoms with van der Waals surface area (Å²) >= 11 is 2.92. The minimum atomic E-state index is -1.14. The van der Waals surface area contributed by atoms with Gasteiger partial charge >= 0.3 is 0 Å². The molecule has 0 aliphatic rings. The molecule has 6 heteroatoms. The number of halogens is 3. The Hall–Kier alpha value is -1.01. The van der Waals surface area contributed by atoms with Crippen molar-refractivity contribution >= 4 is 21.8 Å². The molecule has 0 bridgehead atoms. The number of amides is 1. The van der Waals surface area contributed by atoms with Crippen molar-refractivity contribution in [3.8, 4) is 0 Å². The minimum Gasteiger partial charge on any atom is -0.389 e. The average molecular weight is 308 g/mol. The number of rotatable bonds is 3. The van der Waals surface area contributed by atoms with Gasteiger partial charge in [0.2, 0.25) is 0 Å². The summed E-state index contributed by atoms with van der Waals surface area (Å²) in [6, 6.07) is 2.00. The molecule has 3 nitrogen and oxygen atoms in total. The second-order valence-electron chi connectivity index (χ2n) is 4.24. The topological polar surface area (TPSA) is 49.3 Å². The lowest BCUT2D eigenvalue weighted by Crippen LogP contribution is -2.38. The van der Waals surface area contributed by atoms with Gasteiger partial charge in [0.25, 0.3) is 5.91 Å². The molecule has 1 aromatic carbocycles. The van der Waals surface area contributed by atoms with Crippen LogP contribution in [0.5, 0.6) is 0 Å². The van der Waals surface area contributed by atoms with E-state index >= 15 is 0 Å². The maximum absolute atomic E-state index is 13.4. The van der Waals surface area contributed by atoms with Crippen molar-refractivity contribution < 1.29 is 18.7 Å². The molecule has 1 aromatic rings. The van der Waals surface area contributed by atoms with Crippen LogP contribution in [0.2, 0.25) is 0 Å². The van der Waals surface area contributed by atoms with Crippen LogP contribution in [0, 0.1) is 11.6 Å². The number of benzene rings is 1. The van der Waals surface area contributed by atoms with Crippen LogP contribution in [0.3, 0.4) is 0 Å². The molecule has 17 heavy (non-hydrogen) atoms. The van der Waals surface area contributed by atoms with Crippen LogP contribution in [0.25, 0.3) is 0 Å². The van der Waals surface area contributed by atoms with E-state index in [2.05, 4.69) is 21.2 Å². The molecule has 0 atom stereocenters. The highest BCUT2D eigenvalue weighted by atomic mass is 79.9. The van der Waals surface area contributed by atoms with Gasteiger partial charge in [-0.15, -0.1) is 0 Å². The summed E-state index contributed by atoms with van der Waals surface area (Å²) in [6.45, 7) is 2.85. The molecular weight excluding hydrogens is 296 g/mol. The molecule has 1 amide bonds. The monoisotopic (exact) mass is 307 g/mol. The lowest BCUT2D eigenvalue weighted by Gasteiger charge is -2.17. The lowest BCUT2D eigenvalue weighted by molar-refractivity contribution is 0.0690. The summed E-state index contributed by atoms with van der Waals surface area (Å²) in [5.41, 5.74) is -1.80. The number of carbonyl (C=O) groups excluding carboxylic acids is 1. The van der Waals surface area contributed by atoms with E-state index in [1.165, 1.54) is 13.8 Å². The third-order valence-electron chi connectivity index (χ3n) is 1.92. The standard InChI is InChI=1S/C11H12BrF2NO2/c1-11(2,17)5-15-10(16)9-7(13)3-6(12)4-8(9)14/h3-4,17H,5H2,1-2H3,(H,15,16). The molecule has 0 saturated carbocycles. The van der Waals surface area contributed by atoms with E-state index in [0.29, 0.717) is 0 Å². The Labute approximate surface area is 106 Å². The second-order valence-corrected chi connectivity index (χ2v) is 5.16. The highest BCUT2D eigenvalue weighted by Crippen LogP contribution is 2.19. The first kappa shape index (κ1) is 14.1. The van der Waals surface area contributed by atoms with Crippen molar-refractivity contribution in [3.63, 3.8) is 0 Å². The summed E-state index contributed by atoms with van der Waals surface area (Å²) in [5.74, 6) is -2.80. The molecule has 1 rings (SSSR count). The zero-order valence-corrected chi connectivity index (χ0v) is 10.9. The zero-order chi connectivity index (χ0) is 13.2. The van der Waals surface area contributed by atoms with Gasteiger partial charge in [0.1, 0.15) is 17.2 Å². The number of carbonyl (C=O) groups is 1. The SMILES string of the molecule is CC(C)(O)CNC(=O)c1c(F)cc(Br)cc1F. The Balaban J connectivity index is 2.90. The highest BCUT2D eigenvalue weighted by molar-refractivity contribution is 9.10. The molecule has 0 heterocycles. The first-order valence-electron chi connectivity index (χ1n) is 4.86. The third-order valence-corrected chi connectivity index (χ3v) is 2.37. The highest BCUT2D eigenvalue weighted by Gasteiger charge is 2.20. The Morgan fingerprint density at radius 1 is 1.41 bits per heavy atom. The number of nitrogens with one attached hydrogen (secondary N) is 1. The first-order chi connectivity index (χ1) is 7.70. The maximum Gasteiger partial charge on any atom is 0.257 e. The van der Waals surface area contributed by atoms with Gasteiger partial charge in [0, 0.05) is 11.0 Å². The summed E-state index contributed by atoms with van der Waals surface area (Å²) in [5, 5.41) is 11.6. The van der Waals surface area contributed by atoms with Crippen molar-refractivity contribution in [1.82, 2.24) is 5.32 Å². The van der Waals surface area contributed by atoms with Gasteiger partial charge in [-0.3, -0.25) is 4.79 Å². The summed E-state index contributed by atoms with van der Waals surface area (Å²) in [6.07, 6.45) is 0. The molecule has 0 aliphatic heterocycles. The quantitative estimate of drug-likeness (QED) is 0.899. The molecule has 0 saturated heterocycles. The zero-order valence-electron chi connectivity index (χ0n) is 9.35. The maximum atomic E-state index is 13.4. The second kappa shape index (κ2) is 5.10. The fourth-order valence-corrected chi connectivity index (χ4v) is 1.55. The molecule has 2 N–H and O–H groups in total. The van der Waals surface area contributed by atoms with Gasteiger partial charge in [-0.25, -0.2) is 8.78 Å². The van der Waals surface area contributed by atoms with E-state index in [9.17, 15) is 18.7 Å². The molecule has 0 radical (unpaired) electrons. The molecular formula is C11H12BrF2NO2. The van der Waals surface area contributed by atoms with Gasteiger partial charge in [-0.1, -0.05) is 15.9 Å². The Morgan fingerprint density at radius 2 is 1.88 bits per heavy atom. The van der Waals surface area contributed by atoms with E-state index in [1.54, 1.807) is 0 Å². The van der Waals surface area contributed by atoms with Crippen molar-refractivity contribution in [1.29, 1.82) is 0 Å². The first-order valence-corrected chi connectivity index (χ1v) is 5.65. The van der Waals surface area contributed by atoms with Crippen LogP contribution >= 0.6 is 15.9 Å². The number of hydrogen-bond acceptors (Lipinski definition) is 2. The molecule has 0 unspecified atom stereocenters. The fraction of sp³-hybridized carbons (Fsp3) is 0.364. The Kier molecular flexibility index (Phi) is 4.21. The number of aliphatic hydroxyl groups is 1. The summed E-state index contributed by atoms with van der Waals surface area (Å²) in [7, 11) is 0. The van der Waals surface area contributed by atoms with Crippen LogP contribution in [-0.4, -0.2) is 23.2 Å². The summed E-state index contributed by atoms with van der Waals surface area (Å²) < 4.78 is 27.0. The molecule has 0 fully saturated rings. The van der Waals surface area contributed by atoms with Crippen LogP contribution in [0.1, 0.15) is 24.2 Å². The minimum absolute atomic E-state index is 0.0965. The van der Waals surface area contributed by atoms with Gasteiger partial charge in [-0.05, 0) is 26.0 Å². The molecule has 0 spiro atoms. The van der Waals surface area contributed by atoms with Crippen molar-refractivity contribution in [2.75, 3.05) is 6.54 Å². The van der Waals surface area contributed by atoms with E-state index < -0.39 is 28.7 Å². The van der Waals surface area contributed by atoms with Gasteiger partial charge in [-0.2, -0.15) is 0 Å². The van der Waals surface area contributed by atoms with Crippen LogP contribution in [0.15, 0.2) is 16.6 Å². The molecule has 0 aromatic heterocycles. The van der Waals surface area contributed by atoms with Crippen molar-refractivity contribution in [2.45, 2.75) is 19.4 Å². The molecule has 94 valence electrons. The molecule has 0 aliphatic carbocycles. The van der Waals surface area contributed by atoms with E-state index in [-0.39, 0.29) is 11.0 Å². The van der Waals surface area contributed by atoms with Gasteiger partial charge in [0.05, 0.1) is 5.60 Å². The normalized spacial score (nSPS) is 11.4. The third kappa shape index (κ3) is 4.05. The number of hydrogen-bond donors (Lipinski definition) is 2. The van der Waals surface area contributed by atoms with Crippen molar-refractivity contribution in [3.05, 3.63) is 33.8 Å². The predicted octanol–water partition coefficient (Wildman–Crippen LogP) is 2.23. The Morgan fingerprint density at radius 3 is 2.29 bits per heavy atom.